The fourth-order valence-electron chi connectivity index (χ4n) is 3.08. The Kier molecular flexibility index (Phi) is 5.53. The molecule has 7 heteroatoms. The van der Waals surface area contributed by atoms with E-state index in [0.717, 1.165) is 22.9 Å². The molecular weight excluding hydrogens is 354 g/mol. The van der Waals surface area contributed by atoms with Crippen molar-refractivity contribution in [1.29, 1.82) is 0 Å². The van der Waals surface area contributed by atoms with Crippen molar-refractivity contribution in [2.24, 2.45) is 0 Å². The van der Waals surface area contributed by atoms with E-state index in [0.29, 0.717) is 26.1 Å². The normalized spacial score (nSPS) is 16.6. The van der Waals surface area contributed by atoms with Crippen molar-refractivity contribution in [3.63, 3.8) is 0 Å². The Balaban J connectivity index is 1.38. The molecule has 1 aliphatic rings. The number of carbonyl (C=O) groups is 1. The van der Waals surface area contributed by atoms with E-state index in [9.17, 15) is 4.79 Å². The lowest BCUT2D eigenvalue weighted by molar-refractivity contribution is -0.138. The number of ether oxygens (including phenoxy) is 1. The number of anilines is 2. The van der Waals surface area contributed by atoms with Crippen LogP contribution in [0.2, 0.25) is 0 Å². The molecule has 0 aliphatic carbocycles. The summed E-state index contributed by atoms with van der Waals surface area (Å²) >= 11 is 0. The Morgan fingerprint density at radius 1 is 1.07 bits per heavy atom. The molecule has 1 amide bonds. The maximum atomic E-state index is 12.6. The van der Waals surface area contributed by atoms with Gasteiger partial charge < -0.3 is 15.0 Å². The molecule has 1 aliphatic heterocycles. The summed E-state index contributed by atoms with van der Waals surface area (Å²) in [4.78, 5) is 27.4. The molecule has 0 saturated carbocycles. The van der Waals surface area contributed by atoms with Crippen LogP contribution < -0.4 is 5.32 Å². The third kappa shape index (κ3) is 4.50. The van der Waals surface area contributed by atoms with Gasteiger partial charge in [-0.15, -0.1) is 0 Å². The molecule has 142 valence electrons. The van der Waals surface area contributed by atoms with Crippen molar-refractivity contribution in [3.05, 3.63) is 78.5 Å². The molecule has 0 radical (unpaired) electrons. The number of aromatic nitrogens is 3. The smallest absolute Gasteiger partial charge is 0.228 e. The molecule has 0 aromatic carbocycles. The topological polar surface area (TPSA) is 80.2 Å². The zero-order valence-electron chi connectivity index (χ0n) is 15.4. The van der Waals surface area contributed by atoms with E-state index in [4.69, 9.17) is 4.74 Å². The summed E-state index contributed by atoms with van der Waals surface area (Å²) in [6, 6.07) is 15.1. The Morgan fingerprint density at radius 3 is 2.64 bits per heavy atom. The SMILES string of the molecule is O=C(Cc1ccccn1)N1CCO[C@H](c2ccc(Nc3ccccn3)cn2)C1. The summed E-state index contributed by atoms with van der Waals surface area (Å²) in [5.74, 6) is 0.817. The molecule has 3 aromatic heterocycles. The summed E-state index contributed by atoms with van der Waals surface area (Å²) in [6.45, 7) is 1.57. The fraction of sp³-hybridized carbons (Fsp3) is 0.238. The second-order valence-electron chi connectivity index (χ2n) is 6.51. The maximum absolute atomic E-state index is 12.6. The zero-order chi connectivity index (χ0) is 19.2. The predicted octanol–water partition coefficient (Wildman–Crippen LogP) is 2.76. The first-order chi connectivity index (χ1) is 13.8. The van der Waals surface area contributed by atoms with E-state index < -0.39 is 0 Å². The molecule has 4 heterocycles. The highest BCUT2D eigenvalue weighted by atomic mass is 16.5. The second-order valence-corrected chi connectivity index (χ2v) is 6.51. The molecule has 1 fully saturated rings. The average molecular weight is 375 g/mol. The average Bonchev–Trinajstić information content (AvgIpc) is 2.76. The zero-order valence-corrected chi connectivity index (χ0v) is 15.4. The third-order valence-corrected chi connectivity index (χ3v) is 4.53. The summed E-state index contributed by atoms with van der Waals surface area (Å²) < 4.78 is 5.85. The Morgan fingerprint density at radius 2 is 1.93 bits per heavy atom. The van der Waals surface area contributed by atoms with Gasteiger partial charge in [-0.25, -0.2) is 4.98 Å². The molecule has 3 aromatic rings. The van der Waals surface area contributed by atoms with Crippen LogP contribution in [0.15, 0.2) is 67.1 Å². The highest BCUT2D eigenvalue weighted by Gasteiger charge is 2.26. The molecule has 1 atom stereocenters. The van der Waals surface area contributed by atoms with Gasteiger partial charge in [-0.3, -0.25) is 14.8 Å². The monoisotopic (exact) mass is 375 g/mol. The summed E-state index contributed by atoms with van der Waals surface area (Å²) in [5, 5.41) is 3.20. The van der Waals surface area contributed by atoms with E-state index in [1.54, 1.807) is 18.6 Å². The predicted molar refractivity (Wildman–Crippen MR) is 105 cm³/mol. The standard InChI is InChI=1S/C21H21N5O2/c27-21(13-16-5-1-3-9-22-16)26-11-12-28-19(15-26)18-8-7-17(14-24-18)25-20-6-2-4-10-23-20/h1-10,14,19H,11-13,15H2,(H,23,25)/t19-/m0/s1. The maximum Gasteiger partial charge on any atom is 0.228 e. The number of hydrogen-bond donors (Lipinski definition) is 1. The largest absolute Gasteiger partial charge is 0.368 e. The van der Waals surface area contributed by atoms with Gasteiger partial charge in [0.25, 0.3) is 0 Å². The van der Waals surface area contributed by atoms with Gasteiger partial charge in [-0.1, -0.05) is 12.1 Å². The molecule has 0 unspecified atom stereocenters. The number of hydrogen-bond acceptors (Lipinski definition) is 6. The lowest BCUT2D eigenvalue weighted by Gasteiger charge is -2.32. The number of nitrogens with zero attached hydrogens (tertiary/aromatic N) is 4. The van der Waals surface area contributed by atoms with Gasteiger partial charge >= 0.3 is 0 Å². The number of rotatable bonds is 5. The summed E-state index contributed by atoms with van der Waals surface area (Å²) in [5.41, 5.74) is 2.43. The van der Waals surface area contributed by atoms with E-state index in [2.05, 4.69) is 20.3 Å². The van der Waals surface area contributed by atoms with Crippen LogP contribution in [0.5, 0.6) is 0 Å². The van der Waals surface area contributed by atoms with E-state index in [1.807, 2.05) is 53.4 Å². The van der Waals surface area contributed by atoms with Gasteiger partial charge in [-0.2, -0.15) is 0 Å². The first-order valence-corrected chi connectivity index (χ1v) is 9.21. The van der Waals surface area contributed by atoms with Gasteiger partial charge in [0.05, 0.1) is 37.2 Å². The van der Waals surface area contributed by atoms with E-state index in [-0.39, 0.29) is 12.0 Å². The van der Waals surface area contributed by atoms with E-state index in [1.165, 1.54) is 0 Å². The van der Waals surface area contributed by atoms with Crippen molar-refractivity contribution in [2.45, 2.75) is 12.5 Å². The van der Waals surface area contributed by atoms with Gasteiger partial charge in [0.1, 0.15) is 11.9 Å². The Hall–Kier alpha value is -3.32. The lowest BCUT2D eigenvalue weighted by atomic mass is 10.1. The number of amides is 1. The highest BCUT2D eigenvalue weighted by molar-refractivity contribution is 5.78. The molecular formula is C21H21N5O2. The molecule has 0 bridgehead atoms. The van der Waals surface area contributed by atoms with Crippen molar-refractivity contribution in [3.8, 4) is 0 Å². The van der Waals surface area contributed by atoms with Crippen LogP contribution in [-0.4, -0.2) is 45.5 Å². The van der Waals surface area contributed by atoms with E-state index >= 15 is 0 Å². The Bertz CT molecular complexity index is 903. The quantitative estimate of drug-likeness (QED) is 0.739. The fourth-order valence-corrected chi connectivity index (χ4v) is 3.08. The van der Waals surface area contributed by atoms with Crippen LogP contribution in [0.3, 0.4) is 0 Å². The molecule has 28 heavy (non-hydrogen) atoms. The van der Waals surface area contributed by atoms with Crippen molar-refractivity contribution < 1.29 is 9.53 Å². The minimum atomic E-state index is -0.231. The highest BCUT2D eigenvalue weighted by Crippen LogP contribution is 2.23. The van der Waals surface area contributed by atoms with Gasteiger partial charge in [0, 0.05) is 24.6 Å². The number of pyridine rings is 3. The first kappa shape index (κ1) is 18.1. The minimum absolute atomic E-state index is 0.0560. The molecule has 1 saturated heterocycles. The number of morpholine rings is 1. The van der Waals surface area contributed by atoms with Gasteiger partial charge in [-0.05, 0) is 36.4 Å². The molecule has 1 N–H and O–H groups in total. The third-order valence-electron chi connectivity index (χ3n) is 4.53. The van der Waals surface area contributed by atoms with Gasteiger partial charge in [0.15, 0.2) is 0 Å². The lowest BCUT2D eigenvalue weighted by Crippen LogP contribution is -2.43. The van der Waals surface area contributed by atoms with Crippen LogP contribution in [0.1, 0.15) is 17.5 Å². The van der Waals surface area contributed by atoms with Gasteiger partial charge in [0.2, 0.25) is 5.91 Å². The minimum Gasteiger partial charge on any atom is -0.368 e. The molecule has 7 nitrogen and oxygen atoms in total. The van der Waals surface area contributed by atoms with Crippen molar-refractivity contribution in [2.75, 3.05) is 25.0 Å². The molecule has 0 spiro atoms. The number of nitrogens with one attached hydrogen (secondary N) is 1. The van der Waals surface area contributed by atoms with Crippen LogP contribution in [0.4, 0.5) is 11.5 Å². The Labute approximate surface area is 163 Å². The number of carbonyl (C=O) groups excluding carboxylic acids is 1. The molecule has 4 rings (SSSR count). The van der Waals surface area contributed by atoms with Crippen LogP contribution >= 0.6 is 0 Å². The van der Waals surface area contributed by atoms with Crippen LogP contribution in [0.25, 0.3) is 0 Å². The first-order valence-electron chi connectivity index (χ1n) is 9.21. The summed E-state index contributed by atoms with van der Waals surface area (Å²) in [6.07, 6.45) is 5.26. The van der Waals surface area contributed by atoms with Crippen molar-refractivity contribution in [1.82, 2.24) is 19.9 Å². The van der Waals surface area contributed by atoms with Crippen LogP contribution in [-0.2, 0) is 16.0 Å². The van der Waals surface area contributed by atoms with Crippen molar-refractivity contribution >= 4 is 17.4 Å². The van der Waals surface area contributed by atoms with Crippen LogP contribution in [0, 0.1) is 0 Å². The summed E-state index contributed by atoms with van der Waals surface area (Å²) in [7, 11) is 0. The second kappa shape index (κ2) is 8.58.